The smallest absolute Gasteiger partial charge is 0.145 e. The van der Waals surface area contributed by atoms with Crippen molar-refractivity contribution in [2.75, 3.05) is 6.61 Å². The normalized spacial score (nSPS) is 26.2. The molecule has 3 atom stereocenters. The molecular weight excluding hydrogens is 326 g/mol. The molecule has 0 fully saturated rings. The van der Waals surface area contributed by atoms with Crippen molar-refractivity contribution in [3.05, 3.63) is 34.3 Å². The largest absolute Gasteiger partial charge is 0.392 e. The molecule has 0 aromatic carbocycles. The van der Waals surface area contributed by atoms with Crippen molar-refractivity contribution >= 4 is 27.0 Å². The number of hydrogen-bond acceptors (Lipinski definition) is 5. The molecule has 1 aliphatic rings. The zero-order valence-electron chi connectivity index (χ0n) is 10.7. The summed E-state index contributed by atoms with van der Waals surface area (Å²) in [4.78, 5) is 8.41. The summed E-state index contributed by atoms with van der Waals surface area (Å²) in [5, 5.41) is 30.1. The Bertz CT molecular complexity index is 697. The van der Waals surface area contributed by atoms with Gasteiger partial charge >= 0.3 is 0 Å². The molecule has 6 nitrogen and oxygen atoms in total. The molecule has 2 aromatic heterocycles. The first kappa shape index (κ1) is 13.7. The van der Waals surface area contributed by atoms with Crippen molar-refractivity contribution < 1.29 is 15.3 Å². The predicted octanol–water partition coefficient (Wildman–Crippen LogP) is 0.697. The number of aryl methyl sites for hydroxylation is 1. The van der Waals surface area contributed by atoms with E-state index < -0.39 is 18.2 Å². The molecule has 20 heavy (non-hydrogen) atoms. The fourth-order valence-corrected chi connectivity index (χ4v) is 3.31. The Balaban J connectivity index is 2.17. The summed E-state index contributed by atoms with van der Waals surface area (Å²) in [6, 6.07) is -0.463. The summed E-state index contributed by atoms with van der Waals surface area (Å²) >= 11 is 3.47. The quantitative estimate of drug-likeness (QED) is 0.700. The molecule has 2 heterocycles. The number of aliphatic hydroxyl groups is 3. The van der Waals surface area contributed by atoms with Gasteiger partial charge in [0, 0.05) is 10.7 Å². The molecular formula is C13H14BrN3O3. The summed E-state index contributed by atoms with van der Waals surface area (Å²) in [6.07, 6.45) is 2.90. The first-order chi connectivity index (χ1) is 9.54. The van der Waals surface area contributed by atoms with Gasteiger partial charge in [-0.25, -0.2) is 9.97 Å². The van der Waals surface area contributed by atoms with Crippen LogP contribution in [0.5, 0.6) is 0 Å². The molecule has 0 amide bonds. The van der Waals surface area contributed by atoms with Crippen molar-refractivity contribution in [1.29, 1.82) is 0 Å². The van der Waals surface area contributed by atoms with Crippen LogP contribution in [-0.4, -0.2) is 48.7 Å². The number of aliphatic hydroxyl groups excluding tert-OH is 3. The van der Waals surface area contributed by atoms with Crippen LogP contribution in [0.3, 0.4) is 0 Å². The van der Waals surface area contributed by atoms with Gasteiger partial charge in [-0.15, -0.1) is 0 Å². The van der Waals surface area contributed by atoms with Crippen LogP contribution in [0.1, 0.15) is 11.7 Å². The first-order valence-corrected chi connectivity index (χ1v) is 6.99. The first-order valence-electron chi connectivity index (χ1n) is 6.19. The van der Waals surface area contributed by atoms with Gasteiger partial charge in [-0.2, -0.15) is 0 Å². The van der Waals surface area contributed by atoms with Crippen LogP contribution < -0.4 is 0 Å². The number of halogens is 1. The summed E-state index contributed by atoms with van der Waals surface area (Å²) < 4.78 is 2.61. The second kappa shape index (κ2) is 4.92. The molecule has 0 aliphatic heterocycles. The van der Waals surface area contributed by atoms with Crippen LogP contribution in [0.15, 0.2) is 28.6 Å². The second-order valence-electron chi connectivity index (χ2n) is 4.87. The second-order valence-corrected chi connectivity index (χ2v) is 5.72. The number of hydrogen-bond donors (Lipinski definition) is 3. The van der Waals surface area contributed by atoms with Gasteiger partial charge in [-0.3, -0.25) is 0 Å². The van der Waals surface area contributed by atoms with Crippen LogP contribution in [0, 0.1) is 6.92 Å². The van der Waals surface area contributed by atoms with Crippen LogP contribution in [-0.2, 0) is 0 Å². The van der Waals surface area contributed by atoms with E-state index in [1.165, 1.54) is 6.33 Å². The zero-order chi connectivity index (χ0) is 14.4. The van der Waals surface area contributed by atoms with Gasteiger partial charge in [-0.05, 0) is 28.4 Å². The number of nitrogens with zero attached hydrogens (tertiary/aromatic N) is 3. The maximum absolute atomic E-state index is 10.2. The number of rotatable bonds is 2. The van der Waals surface area contributed by atoms with Gasteiger partial charge < -0.3 is 19.9 Å². The SMILES string of the molecule is Cc1ncnc2c1c(Br)cn2C1C=C(CO)C(O)C1O. The highest BCUT2D eigenvalue weighted by molar-refractivity contribution is 9.10. The third kappa shape index (κ3) is 1.89. The topological polar surface area (TPSA) is 91.4 Å². The highest BCUT2D eigenvalue weighted by Crippen LogP contribution is 2.35. The fraction of sp³-hybridized carbons (Fsp3) is 0.385. The zero-order valence-corrected chi connectivity index (χ0v) is 12.3. The van der Waals surface area contributed by atoms with Crippen LogP contribution in [0.2, 0.25) is 0 Å². The van der Waals surface area contributed by atoms with Crippen molar-refractivity contribution in [3.63, 3.8) is 0 Å². The van der Waals surface area contributed by atoms with E-state index in [0.717, 1.165) is 15.6 Å². The van der Waals surface area contributed by atoms with Gasteiger partial charge in [0.05, 0.1) is 23.7 Å². The standard InChI is InChI=1S/C13H14BrN3O3/c1-6-10-8(14)3-17(13(10)16-5-15-6)9-2-7(4-18)11(19)12(9)20/h2-3,5,9,11-12,18-20H,4H2,1H3. The Morgan fingerprint density at radius 3 is 2.75 bits per heavy atom. The molecule has 0 saturated heterocycles. The minimum Gasteiger partial charge on any atom is -0.392 e. The molecule has 3 rings (SSSR count). The van der Waals surface area contributed by atoms with Crippen molar-refractivity contribution in [3.8, 4) is 0 Å². The average Bonchev–Trinajstić information content (AvgIpc) is 2.90. The Labute approximate surface area is 123 Å². The van der Waals surface area contributed by atoms with Crippen molar-refractivity contribution in [1.82, 2.24) is 14.5 Å². The summed E-state index contributed by atoms with van der Waals surface area (Å²) in [6.45, 7) is 1.61. The molecule has 0 saturated carbocycles. The lowest BCUT2D eigenvalue weighted by Gasteiger charge is -2.19. The van der Waals surface area contributed by atoms with E-state index in [1.807, 2.05) is 13.1 Å². The van der Waals surface area contributed by atoms with Gasteiger partial charge in [0.1, 0.15) is 24.2 Å². The Morgan fingerprint density at radius 2 is 2.10 bits per heavy atom. The van der Waals surface area contributed by atoms with E-state index in [1.54, 1.807) is 10.6 Å². The van der Waals surface area contributed by atoms with Crippen molar-refractivity contribution in [2.24, 2.45) is 0 Å². The van der Waals surface area contributed by atoms with Gasteiger partial charge in [0.2, 0.25) is 0 Å². The Morgan fingerprint density at radius 1 is 1.35 bits per heavy atom. The minimum absolute atomic E-state index is 0.275. The van der Waals surface area contributed by atoms with Gasteiger partial charge in [0.15, 0.2) is 0 Å². The van der Waals surface area contributed by atoms with Crippen molar-refractivity contribution in [2.45, 2.75) is 25.2 Å². The monoisotopic (exact) mass is 339 g/mol. The predicted molar refractivity (Wildman–Crippen MR) is 76.2 cm³/mol. The molecule has 3 unspecified atom stereocenters. The lowest BCUT2D eigenvalue weighted by molar-refractivity contribution is 0.0288. The summed E-state index contributed by atoms with van der Waals surface area (Å²) in [5.41, 5.74) is 1.93. The summed E-state index contributed by atoms with van der Waals surface area (Å²) in [5.74, 6) is 0. The van der Waals surface area contributed by atoms with Gasteiger partial charge in [0.25, 0.3) is 0 Å². The molecule has 0 spiro atoms. The average molecular weight is 340 g/mol. The number of fused-ring (bicyclic) bond motifs is 1. The van der Waals surface area contributed by atoms with E-state index in [0.29, 0.717) is 11.2 Å². The third-order valence-corrected chi connectivity index (χ3v) is 4.30. The third-order valence-electron chi connectivity index (χ3n) is 3.69. The lowest BCUT2D eigenvalue weighted by atomic mass is 10.1. The Kier molecular flexibility index (Phi) is 3.37. The maximum atomic E-state index is 10.2. The molecule has 3 N–H and O–H groups in total. The highest BCUT2D eigenvalue weighted by Gasteiger charge is 2.36. The maximum Gasteiger partial charge on any atom is 0.145 e. The van der Waals surface area contributed by atoms with E-state index >= 15 is 0 Å². The molecule has 2 aromatic rings. The van der Waals surface area contributed by atoms with E-state index in [9.17, 15) is 15.3 Å². The molecule has 7 heteroatoms. The molecule has 0 bridgehead atoms. The molecule has 106 valence electrons. The molecule has 0 radical (unpaired) electrons. The fourth-order valence-electron chi connectivity index (χ4n) is 2.63. The van der Waals surface area contributed by atoms with Gasteiger partial charge in [-0.1, -0.05) is 6.08 Å². The van der Waals surface area contributed by atoms with Crippen LogP contribution in [0.4, 0.5) is 0 Å². The minimum atomic E-state index is -1.05. The lowest BCUT2D eigenvalue weighted by Crippen LogP contribution is -2.30. The molecule has 1 aliphatic carbocycles. The van der Waals surface area contributed by atoms with E-state index in [-0.39, 0.29) is 6.61 Å². The van der Waals surface area contributed by atoms with Crippen LogP contribution in [0.25, 0.3) is 11.0 Å². The summed E-state index contributed by atoms with van der Waals surface area (Å²) in [7, 11) is 0. The number of aromatic nitrogens is 3. The van der Waals surface area contributed by atoms with E-state index in [2.05, 4.69) is 25.9 Å². The Hall–Kier alpha value is -1.28. The van der Waals surface area contributed by atoms with Crippen LogP contribution >= 0.6 is 15.9 Å². The highest BCUT2D eigenvalue weighted by atomic mass is 79.9. The van der Waals surface area contributed by atoms with E-state index in [4.69, 9.17) is 0 Å².